The Hall–Kier alpha value is -2.07. The number of terminal acetylenes is 1. The van der Waals surface area contributed by atoms with Crippen molar-refractivity contribution in [3.63, 3.8) is 0 Å². The van der Waals surface area contributed by atoms with Gasteiger partial charge in [-0.2, -0.15) is 0 Å². The third-order valence-electron chi connectivity index (χ3n) is 3.90. The van der Waals surface area contributed by atoms with Gasteiger partial charge in [-0.25, -0.2) is 0 Å². The molecular formula is C18H19N. The van der Waals surface area contributed by atoms with Crippen LogP contribution in [-0.2, 0) is 0 Å². The van der Waals surface area contributed by atoms with Gasteiger partial charge in [0.2, 0.25) is 0 Å². The van der Waals surface area contributed by atoms with E-state index in [1.165, 1.54) is 33.2 Å². The molecule has 0 saturated carbocycles. The van der Waals surface area contributed by atoms with Crippen molar-refractivity contribution in [3.05, 3.63) is 46.2 Å². The molecule has 0 aliphatic rings. The second kappa shape index (κ2) is 4.90. The average molecular weight is 249 g/mol. The van der Waals surface area contributed by atoms with E-state index in [0.717, 1.165) is 11.1 Å². The minimum Gasteiger partial charge on any atom is -0.256 e. The molecule has 1 aromatic carbocycles. The third kappa shape index (κ3) is 2.04. The normalized spacial score (nSPS) is 11.7. The summed E-state index contributed by atoms with van der Waals surface area (Å²) in [4.78, 5) is 4.57. The van der Waals surface area contributed by atoms with E-state index < -0.39 is 0 Å². The highest BCUT2D eigenvalue weighted by molar-refractivity contribution is 5.93. The van der Waals surface area contributed by atoms with Gasteiger partial charge in [0, 0.05) is 11.6 Å². The molecule has 0 amide bonds. The number of aryl methyl sites for hydroxylation is 3. The highest BCUT2D eigenvalue weighted by atomic mass is 14.7. The third-order valence-corrected chi connectivity index (χ3v) is 3.90. The van der Waals surface area contributed by atoms with Gasteiger partial charge in [0.05, 0.1) is 5.52 Å². The van der Waals surface area contributed by atoms with Crippen LogP contribution in [0, 0.1) is 40.0 Å². The maximum Gasteiger partial charge on any atom is 0.0742 e. The van der Waals surface area contributed by atoms with Crippen LogP contribution in [-0.4, -0.2) is 4.98 Å². The highest BCUT2D eigenvalue weighted by Crippen LogP contribution is 2.33. The van der Waals surface area contributed by atoms with E-state index in [2.05, 4.69) is 51.6 Å². The fourth-order valence-corrected chi connectivity index (χ4v) is 2.88. The molecule has 0 N–H and O–H groups in total. The van der Waals surface area contributed by atoms with Gasteiger partial charge in [-0.15, -0.1) is 6.42 Å². The zero-order chi connectivity index (χ0) is 14.2. The van der Waals surface area contributed by atoms with Crippen LogP contribution >= 0.6 is 0 Å². The zero-order valence-electron chi connectivity index (χ0n) is 12.3. The van der Waals surface area contributed by atoms with Gasteiger partial charge in [-0.1, -0.05) is 5.92 Å². The molecule has 19 heavy (non-hydrogen) atoms. The number of nitrogens with zero attached hydrogens (tertiary/aromatic N) is 1. The Kier molecular flexibility index (Phi) is 3.44. The van der Waals surface area contributed by atoms with Crippen LogP contribution in [0.1, 0.15) is 34.7 Å². The van der Waals surface area contributed by atoms with Gasteiger partial charge >= 0.3 is 0 Å². The predicted molar refractivity (Wildman–Crippen MR) is 83.2 cm³/mol. The molecular weight excluding hydrogens is 230 g/mol. The SMILES string of the molecule is C#C/C=C(/C)c1c(C)c(C)c2c(C)ccnc2c1C. The minimum atomic E-state index is 1.09. The van der Waals surface area contributed by atoms with Gasteiger partial charge in [0.25, 0.3) is 0 Å². The molecule has 0 unspecified atom stereocenters. The first-order chi connectivity index (χ1) is 8.99. The van der Waals surface area contributed by atoms with Gasteiger partial charge in [-0.05, 0) is 80.2 Å². The Labute approximate surface area is 115 Å². The Balaban J connectivity index is 2.98. The lowest BCUT2D eigenvalue weighted by atomic mass is 9.88. The van der Waals surface area contributed by atoms with Gasteiger partial charge in [-0.3, -0.25) is 4.98 Å². The van der Waals surface area contributed by atoms with Crippen molar-refractivity contribution < 1.29 is 0 Å². The smallest absolute Gasteiger partial charge is 0.0742 e. The monoisotopic (exact) mass is 249 g/mol. The molecule has 0 bridgehead atoms. The van der Waals surface area contributed by atoms with Gasteiger partial charge in [0.15, 0.2) is 0 Å². The molecule has 0 atom stereocenters. The van der Waals surface area contributed by atoms with E-state index in [4.69, 9.17) is 6.42 Å². The number of fused-ring (bicyclic) bond motifs is 1. The molecule has 1 nitrogen and oxygen atoms in total. The number of rotatable bonds is 1. The lowest BCUT2D eigenvalue weighted by Gasteiger charge is -2.17. The summed E-state index contributed by atoms with van der Waals surface area (Å²) < 4.78 is 0. The van der Waals surface area contributed by atoms with Crippen LogP contribution in [0.3, 0.4) is 0 Å². The van der Waals surface area contributed by atoms with Crippen LogP contribution in [0.5, 0.6) is 0 Å². The van der Waals surface area contributed by atoms with Gasteiger partial charge < -0.3 is 0 Å². The molecule has 2 aromatic rings. The fraction of sp³-hybridized carbons (Fsp3) is 0.278. The number of aromatic nitrogens is 1. The van der Waals surface area contributed by atoms with E-state index >= 15 is 0 Å². The number of hydrogen-bond acceptors (Lipinski definition) is 1. The first-order valence-corrected chi connectivity index (χ1v) is 6.47. The van der Waals surface area contributed by atoms with Crippen molar-refractivity contribution in [2.75, 3.05) is 0 Å². The van der Waals surface area contributed by atoms with Crippen molar-refractivity contribution in [1.82, 2.24) is 4.98 Å². The molecule has 0 fully saturated rings. The number of benzene rings is 1. The minimum absolute atomic E-state index is 1.09. The van der Waals surface area contributed by atoms with Crippen LogP contribution in [0.25, 0.3) is 16.5 Å². The summed E-state index contributed by atoms with van der Waals surface area (Å²) in [5.74, 6) is 2.62. The Morgan fingerprint density at radius 1 is 1.16 bits per heavy atom. The molecule has 0 radical (unpaired) electrons. The molecule has 0 spiro atoms. The fourth-order valence-electron chi connectivity index (χ4n) is 2.88. The standard InChI is InChI=1S/C18H19N/c1-7-8-11(2)16-13(4)14(5)17-12(3)9-10-19-18(17)15(16)6/h1,8-10H,2-6H3/b11-8-. The molecule has 1 heteroatoms. The van der Waals surface area contributed by atoms with Crippen molar-refractivity contribution in [2.45, 2.75) is 34.6 Å². The Morgan fingerprint density at radius 2 is 1.84 bits per heavy atom. The summed E-state index contributed by atoms with van der Waals surface area (Å²) in [6.07, 6.45) is 9.11. The lowest BCUT2D eigenvalue weighted by Crippen LogP contribution is -1.99. The Bertz CT molecular complexity index is 728. The summed E-state index contributed by atoms with van der Waals surface area (Å²) in [6.45, 7) is 10.7. The summed E-state index contributed by atoms with van der Waals surface area (Å²) in [6, 6.07) is 2.07. The predicted octanol–water partition coefficient (Wildman–Crippen LogP) is 4.50. The van der Waals surface area contributed by atoms with Gasteiger partial charge in [0.1, 0.15) is 0 Å². The van der Waals surface area contributed by atoms with Crippen LogP contribution in [0.2, 0.25) is 0 Å². The van der Waals surface area contributed by atoms with E-state index in [0.29, 0.717) is 0 Å². The van der Waals surface area contributed by atoms with Crippen LogP contribution in [0.4, 0.5) is 0 Å². The molecule has 96 valence electrons. The van der Waals surface area contributed by atoms with Crippen LogP contribution in [0.15, 0.2) is 18.3 Å². The molecule has 0 aliphatic carbocycles. The number of hydrogen-bond donors (Lipinski definition) is 0. The van der Waals surface area contributed by atoms with E-state index in [1.807, 2.05) is 12.3 Å². The summed E-state index contributed by atoms with van der Waals surface area (Å²) in [7, 11) is 0. The topological polar surface area (TPSA) is 12.9 Å². The summed E-state index contributed by atoms with van der Waals surface area (Å²) >= 11 is 0. The van der Waals surface area contributed by atoms with E-state index in [-0.39, 0.29) is 0 Å². The second-order valence-electron chi connectivity index (χ2n) is 5.10. The molecule has 1 aromatic heterocycles. The summed E-state index contributed by atoms with van der Waals surface area (Å²) in [5, 5.41) is 1.27. The second-order valence-corrected chi connectivity index (χ2v) is 5.10. The number of pyridine rings is 1. The maximum absolute atomic E-state index is 5.40. The average Bonchev–Trinajstić information content (AvgIpc) is 2.36. The quantitative estimate of drug-likeness (QED) is 0.678. The largest absolute Gasteiger partial charge is 0.256 e. The molecule has 0 aliphatic heterocycles. The van der Waals surface area contributed by atoms with Crippen molar-refractivity contribution in [1.29, 1.82) is 0 Å². The highest BCUT2D eigenvalue weighted by Gasteiger charge is 2.14. The maximum atomic E-state index is 5.40. The van der Waals surface area contributed by atoms with Crippen molar-refractivity contribution >= 4 is 16.5 Å². The first-order valence-electron chi connectivity index (χ1n) is 6.47. The molecule has 1 heterocycles. The van der Waals surface area contributed by atoms with Crippen LogP contribution < -0.4 is 0 Å². The first kappa shape index (κ1) is 13.4. The molecule has 0 saturated heterocycles. The van der Waals surface area contributed by atoms with Crippen molar-refractivity contribution in [2.24, 2.45) is 0 Å². The van der Waals surface area contributed by atoms with Crippen molar-refractivity contribution in [3.8, 4) is 12.3 Å². The number of allylic oxidation sites excluding steroid dienone is 2. The zero-order valence-corrected chi connectivity index (χ0v) is 12.3. The molecule has 2 rings (SSSR count). The lowest BCUT2D eigenvalue weighted by molar-refractivity contribution is 1.25. The summed E-state index contributed by atoms with van der Waals surface area (Å²) in [5.41, 5.74) is 8.54. The van der Waals surface area contributed by atoms with E-state index in [9.17, 15) is 0 Å². The Morgan fingerprint density at radius 3 is 2.47 bits per heavy atom. The van der Waals surface area contributed by atoms with E-state index in [1.54, 1.807) is 0 Å².